The van der Waals surface area contributed by atoms with Crippen molar-refractivity contribution in [2.75, 3.05) is 0 Å². The van der Waals surface area contributed by atoms with Crippen LogP contribution in [0.2, 0.25) is 0 Å². The van der Waals surface area contributed by atoms with Crippen LogP contribution in [0.3, 0.4) is 0 Å². The fourth-order valence-electron chi connectivity index (χ4n) is 10.3. The van der Waals surface area contributed by atoms with Crippen LogP contribution in [0.5, 0.6) is 0 Å². The van der Waals surface area contributed by atoms with Gasteiger partial charge < -0.3 is 4.74 Å². The minimum absolute atomic E-state index is 0.0563. The molecule has 12 atom stereocenters. The molecule has 2 amide bonds. The topological polar surface area (TPSA) is 61.9 Å². The normalized spacial score (nSPS) is 58.7. The lowest BCUT2D eigenvalue weighted by molar-refractivity contribution is -0.131. The van der Waals surface area contributed by atoms with Crippen molar-refractivity contribution in [3.05, 3.63) is 0 Å². The molecule has 162 valence electrons. The van der Waals surface area contributed by atoms with Crippen LogP contribution in [0.1, 0.15) is 64.2 Å². The molecule has 30 heavy (non-hydrogen) atoms. The van der Waals surface area contributed by atoms with Gasteiger partial charge in [-0.2, -0.15) is 0 Å². The monoisotopic (exact) mass is 411 g/mol. The van der Waals surface area contributed by atoms with E-state index in [-0.39, 0.29) is 36.1 Å². The summed E-state index contributed by atoms with van der Waals surface area (Å²) in [7, 11) is 0. The van der Waals surface area contributed by atoms with E-state index in [2.05, 4.69) is 15.1 Å². The lowest BCUT2D eigenvalue weighted by Gasteiger charge is -2.49. The van der Waals surface area contributed by atoms with E-state index in [4.69, 9.17) is 4.74 Å². The van der Waals surface area contributed by atoms with Gasteiger partial charge in [-0.15, -0.1) is 0 Å². The number of carbonyl (C=O) groups excluding carboxylic acids is 2. The zero-order chi connectivity index (χ0) is 19.7. The Morgan fingerprint density at radius 3 is 1.63 bits per heavy atom. The Balaban J connectivity index is 1.35. The van der Waals surface area contributed by atoms with Gasteiger partial charge in [0.1, 0.15) is 12.5 Å². The Morgan fingerprint density at radius 1 is 0.667 bits per heavy atom. The molecule has 0 aromatic carbocycles. The summed E-state index contributed by atoms with van der Waals surface area (Å²) in [5.74, 6) is 1.77. The molecular formula is C24H33N3O3. The molecule has 2 bridgehead atoms. The van der Waals surface area contributed by atoms with Crippen molar-refractivity contribution in [3.63, 3.8) is 0 Å². The van der Waals surface area contributed by atoms with Gasteiger partial charge in [0.05, 0.1) is 11.8 Å². The second-order valence-electron chi connectivity index (χ2n) is 11.6. The van der Waals surface area contributed by atoms with Gasteiger partial charge in [-0.25, -0.2) is 0 Å². The molecule has 5 aliphatic heterocycles. The maximum absolute atomic E-state index is 13.2. The number of nitrogens with one attached hydrogen (secondary N) is 1. The first-order valence-electron chi connectivity index (χ1n) is 12.8. The van der Waals surface area contributed by atoms with Gasteiger partial charge in [0.15, 0.2) is 0 Å². The van der Waals surface area contributed by atoms with E-state index in [0.29, 0.717) is 47.8 Å². The highest BCUT2D eigenvalue weighted by molar-refractivity contribution is 6.05. The van der Waals surface area contributed by atoms with Crippen molar-refractivity contribution in [3.8, 4) is 0 Å². The van der Waals surface area contributed by atoms with Gasteiger partial charge in [0.2, 0.25) is 11.8 Å². The highest BCUT2D eigenvalue weighted by Crippen LogP contribution is 2.64. The summed E-state index contributed by atoms with van der Waals surface area (Å²) in [5.41, 5.74) is 0. The molecule has 1 N–H and O–H groups in total. The molecule has 6 heteroatoms. The van der Waals surface area contributed by atoms with Crippen molar-refractivity contribution in [2.45, 2.75) is 101 Å². The number of imide groups is 1. The molecule has 3 saturated carbocycles. The summed E-state index contributed by atoms with van der Waals surface area (Å²) in [6.07, 6.45) is 12.9. The molecule has 8 rings (SSSR count). The summed E-state index contributed by atoms with van der Waals surface area (Å²) in [5, 5.41) is 2.83. The van der Waals surface area contributed by atoms with E-state index in [0.717, 1.165) is 12.8 Å². The number of hydrogen-bond donors (Lipinski definition) is 1. The van der Waals surface area contributed by atoms with Crippen LogP contribution in [0.4, 0.5) is 0 Å². The van der Waals surface area contributed by atoms with Gasteiger partial charge in [-0.05, 0) is 62.2 Å². The molecule has 0 spiro atoms. The smallest absolute Gasteiger partial charge is 0.230 e. The predicted molar refractivity (Wildman–Crippen MR) is 108 cm³/mol. The van der Waals surface area contributed by atoms with Gasteiger partial charge in [0.25, 0.3) is 0 Å². The maximum atomic E-state index is 13.2. The Morgan fingerprint density at radius 2 is 1.13 bits per heavy atom. The predicted octanol–water partition coefficient (Wildman–Crippen LogP) is 2.08. The highest BCUT2D eigenvalue weighted by atomic mass is 16.5. The summed E-state index contributed by atoms with van der Waals surface area (Å²) < 4.78 is 6.81. The lowest BCUT2D eigenvalue weighted by Crippen LogP contribution is -2.61. The van der Waals surface area contributed by atoms with Gasteiger partial charge in [0, 0.05) is 24.2 Å². The molecule has 0 aromatic heterocycles. The first kappa shape index (κ1) is 17.6. The van der Waals surface area contributed by atoms with Gasteiger partial charge in [-0.1, -0.05) is 25.7 Å². The molecule has 0 aromatic rings. The highest BCUT2D eigenvalue weighted by Gasteiger charge is 2.73. The van der Waals surface area contributed by atoms with Crippen LogP contribution in [0.15, 0.2) is 0 Å². The van der Waals surface area contributed by atoms with Crippen LogP contribution < -0.4 is 5.32 Å². The number of ether oxygens (including phenoxy) is 1. The molecule has 8 fully saturated rings. The summed E-state index contributed by atoms with van der Waals surface area (Å²) in [4.78, 5) is 32.1. The van der Waals surface area contributed by atoms with Crippen LogP contribution in [-0.4, -0.2) is 58.2 Å². The Hall–Kier alpha value is -0.980. The molecule has 5 saturated heterocycles. The third-order valence-corrected chi connectivity index (χ3v) is 10.9. The first-order valence-corrected chi connectivity index (χ1v) is 12.8. The number of rotatable bonds is 0. The van der Waals surface area contributed by atoms with E-state index in [1.54, 1.807) is 0 Å². The van der Waals surface area contributed by atoms with E-state index >= 15 is 0 Å². The summed E-state index contributed by atoms with van der Waals surface area (Å²) in [6.45, 7) is 0. The average Bonchev–Trinajstić information content (AvgIpc) is 3.46. The van der Waals surface area contributed by atoms with Crippen LogP contribution in [0, 0.1) is 35.5 Å². The largest absolute Gasteiger partial charge is 0.345 e. The second kappa shape index (κ2) is 5.87. The average molecular weight is 412 g/mol. The number of nitrogens with zero attached hydrogens (tertiary/aromatic N) is 2. The molecule has 3 aliphatic carbocycles. The van der Waals surface area contributed by atoms with Crippen molar-refractivity contribution < 1.29 is 14.3 Å². The lowest BCUT2D eigenvalue weighted by atomic mass is 9.57. The summed E-state index contributed by atoms with van der Waals surface area (Å²) in [6, 6.07) is 1.95. The maximum Gasteiger partial charge on any atom is 0.230 e. The SMILES string of the molecule is O=C1NC(=O)C2C1C1C3CCCCC3N3C4CCC(O4)N4C5CCCCC5C2C4C13. The Bertz CT molecular complexity index is 754. The Labute approximate surface area is 178 Å². The fourth-order valence-corrected chi connectivity index (χ4v) is 10.3. The van der Waals surface area contributed by atoms with Crippen LogP contribution in [0.25, 0.3) is 0 Å². The Kier molecular flexibility index (Phi) is 3.44. The van der Waals surface area contributed by atoms with Crippen LogP contribution >= 0.6 is 0 Å². The van der Waals surface area contributed by atoms with Gasteiger partial charge >= 0.3 is 0 Å². The van der Waals surface area contributed by atoms with E-state index in [9.17, 15) is 9.59 Å². The third kappa shape index (κ3) is 1.90. The minimum atomic E-state index is -0.0847. The molecular weight excluding hydrogens is 378 g/mol. The summed E-state index contributed by atoms with van der Waals surface area (Å²) >= 11 is 0. The van der Waals surface area contributed by atoms with E-state index in [1.165, 1.54) is 51.4 Å². The molecule has 6 nitrogen and oxygen atoms in total. The zero-order valence-corrected chi connectivity index (χ0v) is 17.6. The van der Waals surface area contributed by atoms with Crippen LogP contribution in [-0.2, 0) is 14.3 Å². The quantitative estimate of drug-likeness (QED) is 0.619. The molecule has 8 aliphatic rings. The van der Waals surface area contributed by atoms with E-state index in [1.807, 2.05) is 0 Å². The number of hydrogen-bond acceptors (Lipinski definition) is 5. The third-order valence-electron chi connectivity index (χ3n) is 10.9. The van der Waals surface area contributed by atoms with Gasteiger partial charge in [-0.3, -0.25) is 24.7 Å². The van der Waals surface area contributed by atoms with Crippen molar-refractivity contribution in [2.24, 2.45) is 35.5 Å². The second-order valence-corrected chi connectivity index (χ2v) is 11.6. The number of amides is 2. The number of carbonyl (C=O) groups is 2. The number of fused-ring (bicyclic) bond motifs is 13. The fraction of sp³-hybridized carbons (Fsp3) is 0.917. The minimum Gasteiger partial charge on any atom is -0.345 e. The molecule has 0 radical (unpaired) electrons. The zero-order valence-electron chi connectivity index (χ0n) is 17.6. The van der Waals surface area contributed by atoms with Crippen molar-refractivity contribution in [1.82, 2.24) is 15.1 Å². The molecule has 5 heterocycles. The van der Waals surface area contributed by atoms with E-state index < -0.39 is 0 Å². The standard InChI is InChI=1S/C24H33N3O3/c28-23-19-17-11-5-1-3-7-13(11)26-15-9-10-16(30-15)27-14-8-4-2-6-12(14)18(22(27)21(17)26)20(19)24(29)25-23/h11-22H,1-10H2,(H,25,28,29). The molecule has 12 unspecified atom stereocenters. The first-order chi connectivity index (χ1) is 14.7. The van der Waals surface area contributed by atoms with Crippen molar-refractivity contribution >= 4 is 11.8 Å². The van der Waals surface area contributed by atoms with Crippen molar-refractivity contribution in [1.29, 1.82) is 0 Å².